The molecule has 1 aromatic rings. The van der Waals surface area contributed by atoms with E-state index in [1.54, 1.807) is 0 Å². The first-order chi connectivity index (χ1) is 10.6. The first-order valence-electron chi connectivity index (χ1n) is 8.48. The monoisotopic (exact) mass is 298 g/mol. The Bertz CT molecular complexity index is 561. The second-order valence-corrected chi connectivity index (χ2v) is 6.44. The summed E-state index contributed by atoms with van der Waals surface area (Å²) in [5.74, 6) is 0.556. The predicted octanol–water partition coefficient (Wildman–Crippen LogP) is 5.08. The summed E-state index contributed by atoms with van der Waals surface area (Å²) in [6.45, 7) is 11.3. The van der Waals surface area contributed by atoms with Crippen LogP contribution in [-0.2, 0) is 0 Å². The van der Waals surface area contributed by atoms with Crippen molar-refractivity contribution < 1.29 is 0 Å². The van der Waals surface area contributed by atoms with E-state index in [1.165, 1.54) is 54.0 Å². The van der Waals surface area contributed by atoms with Crippen molar-refractivity contribution in [3.8, 4) is 0 Å². The number of nitrogens with zero attached hydrogens (tertiary/aromatic N) is 1. The van der Waals surface area contributed by atoms with Crippen molar-refractivity contribution in [2.24, 2.45) is 5.92 Å². The van der Waals surface area contributed by atoms with E-state index in [1.807, 2.05) is 7.05 Å². The van der Waals surface area contributed by atoms with Crippen LogP contribution in [0.15, 0.2) is 36.0 Å². The standard InChI is InChI=1S/C20H30N2/c1-6-17(19-14-18(21-5)10-9-16(19)4)13-20(15(2)3)22-11-7-8-12-22/h6,9-10,13-15,21H,7-8,11-12H2,1-5H3/b17-6+,20-13+. The smallest absolute Gasteiger partial charge is 0.0343 e. The molecule has 1 aliphatic rings. The highest BCUT2D eigenvalue weighted by atomic mass is 15.2. The second-order valence-electron chi connectivity index (χ2n) is 6.44. The Hall–Kier alpha value is -1.70. The molecule has 0 bridgehead atoms. The summed E-state index contributed by atoms with van der Waals surface area (Å²) in [4.78, 5) is 2.56. The Labute approximate surface area is 135 Å². The Morgan fingerprint density at radius 2 is 1.91 bits per heavy atom. The number of nitrogens with one attached hydrogen (secondary N) is 1. The van der Waals surface area contributed by atoms with Gasteiger partial charge < -0.3 is 10.2 Å². The van der Waals surface area contributed by atoms with Gasteiger partial charge in [-0.05, 0) is 67.5 Å². The maximum atomic E-state index is 3.25. The van der Waals surface area contributed by atoms with Gasteiger partial charge in [-0.25, -0.2) is 0 Å². The number of likely N-dealkylation sites (tertiary alicyclic amines) is 1. The number of rotatable bonds is 5. The molecule has 22 heavy (non-hydrogen) atoms. The Balaban J connectivity index is 2.40. The third kappa shape index (κ3) is 3.73. The molecular formula is C20H30N2. The van der Waals surface area contributed by atoms with E-state index in [0.29, 0.717) is 5.92 Å². The Morgan fingerprint density at radius 1 is 1.23 bits per heavy atom. The molecule has 0 aromatic heterocycles. The molecule has 2 nitrogen and oxygen atoms in total. The maximum absolute atomic E-state index is 3.25. The molecule has 1 aromatic carbocycles. The van der Waals surface area contributed by atoms with E-state index in [2.05, 4.69) is 68.3 Å². The summed E-state index contributed by atoms with van der Waals surface area (Å²) < 4.78 is 0. The largest absolute Gasteiger partial charge is 0.388 e. The number of anilines is 1. The van der Waals surface area contributed by atoms with E-state index in [-0.39, 0.29) is 0 Å². The van der Waals surface area contributed by atoms with Gasteiger partial charge in [0.25, 0.3) is 0 Å². The minimum atomic E-state index is 0.556. The molecule has 0 saturated carbocycles. The van der Waals surface area contributed by atoms with Crippen LogP contribution in [-0.4, -0.2) is 25.0 Å². The number of benzene rings is 1. The van der Waals surface area contributed by atoms with Crippen LogP contribution in [0.1, 0.15) is 44.7 Å². The molecular weight excluding hydrogens is 268 g/mol. The van der Waals surface area contributed by atoms with Crippen molar-refractivity contribution in [2.45, 2.75) is 40.5 Å². The van der Waals surface area contributed by atoms with Gasteiger partial charge in [0.2, 0.25) is 0 Å². The molecule has 0 atom stereocenters. The molecule has 1 heterocycles. The number of hydrogen-bond acceptors (Lipinski definition) is 2. The van der Waals surface area contributed by atoms with Crippen LogP contribution in [0.25, 0.3) is 5.57 Å². The minimum absolute atomic E-state index is 0.556. The highest BCUT2D eigenvalue weighted by Crippen LogP contribution is 2.29. The summed E-state index contributed by atoms with van der Waals surface area (Å²) in [6, 6.07) is 6.59. The lowest BCUT2D eigenvalue weighted by Gasteiger charge is -2.25. The van der Waals surface area contributed by atoms with Crippen molar-refractivity contribution in [3.63, 3.8) is 0 Å². The fraction of sp³-hybridized carbons (Fsp3) is 0.500. The number of hydrogen-bond donors (Lipinski definition) is 1. The lowest BCUT2D eigenvalue weighted by molar-refractivity contribution is 0.380. The topological polar surface area (TPSA) is 15.3 Å². The molecule has 120 valence electrons. The molecule has 0 amide bonds. The molecule has 1 aliphatic heterocycles. The van der Waals surface area contributed by atoms with Gasteiger partial charge in [-0.15, -0.1) is 0 Å². The van der Waals surface area contributed by atoms with Crippen molar-refractivity contribution in [2.75, 3.05) is 25.5 Å². The first-order valence-corrected chi connectivity index (χ1v) is 8.48. The lowest BCUT2D eigenvalue weighted by atomic mass is 9.96. The summed E-state index contributed by atoms with van der Waals surface area (Å²) in [5, 5.41) is 3.25. The third-order valence-corrected chi connectivity index (χ3v) is 4.51. The van der Waals surface area contributed by atoms with Gasteiger partial charge in [0, 0.05) is 31.5 Å². The zero-order chi connectivity index (χ0) is 16.1. The predicted molar refractivity (Wildman–Crippen MR) is 98.1 cm³/mol. The summed E-state index contributed by atoms with van der Waals surface area (Å²) >= 11 is 0. The quantitative estimate of drug-likeness (QED) is 0.763. The van der Waals surface area contributed by atoms with Gasteiger partial charge in [0.15, 0.2) is 0 Å². The summed E-state index contributed by atoms with van der Waals surface area (Å²) in [5.41, 5.74) is 6.62. The van der Waals surface area contributed by atoms with E-state index < -0.39 is 0 Å². The van der Waals surface area contributed by atoms with Crippen molar-refractivity contribution in [3.05, 3.63) is 47.2 Å². The van der Waals surface area contributed by atoms with E-state index >= 15 is 0 Å². The summed E-state index contributed by atoms with van der Waals surface area (Å²) in [7, 11) is 1.98. The maximum Gasteiger partial charge on any atom is 0.0343 e. The van der Waals surface area contributed by atoms with Gasteiger partial charge in [0.05, 0.1) is 0 Å². The molecule has 0 unspecified atom stereocenters. The van der Waals surface area contributed by atoms with Crippen LogP contribution < -0.4 is 5.32 Å². The van der Waals surface area contributed by atoms with Crippen LogP contribution in [0.3, 0.4) is 0 Å². The van der Waals surface area contributed by atoms with E-state index in [9.17, 15) is 0 Å². The van der Waals surface area contributed by atoms with Gasteiger partial charge in [-0.3, -0.25) is 0 Å². The SMILES string of the molecule is C/C=C(\C=C(/C(C)C)N1CCCC1)c1cc(NC)ccc1C. The fourth-order valence-corrected chi connectivity index (χ4v) is 3.16. The highest BCUT2D eigenvalue weighted by Gasteiger charge is 2.18. The fourth-order valence-electron chi connectivity index (χ4n) is 3.16. The molecule has 2 rings (SSSR count). The highest BCUT2D eigenvalue weighted by molar-refractivity contribution is 5.78. The van der Waals surface area contributed by atoms with Crippen LogP contribution >= 0.6 is 0 Å². The first kappa shape index (κ1) is 16.7. The molecule has 0 aliphatic carbocycles. The van der Waals surface area contributed by atoms with Gasteiger partial charge in [-0.1, -0.05) is 26.0 Å². The average molecular weight is 298 g/mol. The van der Waals surface area contributed by atoms with E-state index in [4.69, 9.17) is 0 Å². The third-order valence-electron chi connectivity index (χ3n) is 4.51. The summed E-state index contributed by atoms with van der Waals surface area (Å²) in [6.07, 6.45) is 7.28. The molecule has 1 saturated heterocycles. The van der Waals surface area contributed by atoms with Crippen LogP contribution in [0.4, 0.5) is 5.69 Å². The molecule has 0 spiro atoms. The Morgan fingerprint density at radius 3 is 2.45 bits per heavy atom. The van der Waals surface area contributed by atoms with Gasteiger partial charge in [-0.2, -0.15) is 0 Å². The van der Waals surface area contributed by atoms with Gasteiger partial charge in [0.1, 0.15) is 0 Å². The lowest BCUT2D eigenvalue weighted by Crippen LogP contribution is -2.22. The normalized spacial score (nSPS) is 16.5. The molecule has 1 N–H and O–H groups in total. The molecule has 2 heteroatoms. The van der Waals surface area contributed by atoms with Crippen molar-refractivity contribution in [1.82, 2.24) is 4.90 Å². The number of allylic oxidation sites excluding steroid dienone is 4. The molecule has 0 radical (unpaired) electrons. The number of aryl methyl sites for hydroxylation is 1. The molecule has 1 fully saturated rings. The van der Waals surface area contributed by atoms with Crippen LogP contribution in [0, 0.1) is 12.8 Å². The second kappa shape index (κ2) is 7.53. The van der Waals surface area contributed by atoms with Crippen LogP contribution in [0.2, 0.25) is 0 Å². The van der Waals surface area contributed by atoms with Crippen LogP contribution in [0.5, 0.6) is 0 Å². The van der Waals surface area contributed by atoms with E-state index in [0.717, 1.165) is 0 Å². The average Bonchev–Trinajstić information content (AvgIpc) is 3.03. The van der Waals surface area contributed by atoms with Gasteiger partial charge >= 0.3 is 0 Å². The zero-order valence-electron chi connectivity index (χ0n) is 14.7. The van der Waals surface area contributed by atoms with Crippen molar-refractivity contribution in [1.29, 1.82) is 0 Å². The van der Waals surface area contributed by atoms with Crippen molar-refractivity contribution >= 4 is 11.3 Å². The zero-order valence-corrected chi connectivity index (χ0v) is 14.7. The Kier molecular flexibility index (Phi) is 5.70. The minimum Gasteiger partial charge on any atom is -0.388 e.